The van der Waals surface area contributed by atoms with Crippen LogP contribution in [0, 0.1) is 24.0 Å². The highest BCUT2D eigenvalue weighted by atomic mass is 16.5. The van der Waals surface area contributed by atoms with Crippen LogP contribution >= 0.6 is 0 Å². The van der Waals surface area contributed by atoms with E-state index in [0.717, 1.165) is 5.36 Å². The summed E-state index contributed by atoms with van der Waals surface area (Å²) in [5, 5.41) is 9.74. The fourth-order valence-electron chi connectivity index (χ4n) is 2.44. The van der Waals surface area contributed by atoms with Crippen molar-refractivity contribution < 1.29 is 18.7 Å². The molecule has 0 saturated heterocycles. The smallest absolute Gasteiger partial charge is 0.435 e. The van der Waals surface area contributed by atoms with E-state index in [9.17, 15) is 4.79 Å². The van der Waals surface area contributed by atoms with Gasteiger partial charge in [0.15, 0.2) is 0 Å². The average molecular weight is 349 g/mol. The number of hydrogen-bond acceptors (Lipinski definition) is 4. The van der Waals surface area contributed by atoms with Crippen molar-refractivity contribution >= 4 is 12.4 Å². The number of hydrogen-bond donors (Lipinski definition) is 0. The summed E-state index contributed by atoms with van der Waals surface area (Å²) >= 11 is 0. The summed E-state index contributed by atoms with van der Waals surface area (Å²) in [6, 6.07) is 16.0. The number of methoxy groups -OCH3 is 1. The minimum Gasteiger partial charge on any atom is -0.496 e. The normalized spacial score (nSPS) is 13.7. The number of nitrogens with zero attached hydrogens (tertiary/aromatic N) is 2. The zero-order valence-electron chi connectivity index (χ0n) is 14.4. The standard InChI is InChI=1S/C20H17N2O4/c1-14(26-18-5-3-4-16(10-18)20(23)24-2)19-12-22(13-25-19)17-8-6-15(11-21)7-9-17/h3-10,12-14H,1-2H3/q-1. The number of benzene rings is 2. The van der Waals surface area contributed by atoms with Crippen LogP contribution in [-0.2, 0) is 9.16 Å². The monoisotopic (exact) mass is 349 g/mol. The van der Waals surface area contributed by atoms with Gasteiger partial charge in [-0.05, 0) is 25.1 Å². The summed E-state index contributed by atoms with van der Waals surface area (Å²) in [6.45, 7) is 3.67. The van der Waals surface area contributed by atoms with Crippen molar-refractivity contribution in [1.82, 2.24) is 4.58 Å². The van der Waals surface area contributed by atoms with Crippen LogP contribution in [0.15, 0.2) is 48.5 Å². The van der Waals surface area contributed by atoms with Crippen molar-refractivity contribution in [3.05, 3.63) is 77.7 Å². The molecule has 1 aliphatic heterocycles. The molecule has 0 fully saturated rings. The first kappa shape index (κ1) is 17.2. The van der Waals surface area contributed by atoms with Gasteiger partial charge in [0, 0.05) is 11.4 Å². The Hall–Kier alpha value is -3.59. The van der Waals surface area contributed by atoms with E-state index in [-0.39, 0.29) is 6.10 Å². The second kappa shape index (κ2) is 7.53. The Labute approximate surface area is 151 Å². The van der Waals surface area contributed by atoms with Gasteiger partial charge in [-0.1, -0.05) is 11.6 Å². The zero-order valence-corrected chi connectivity index (χ0v) is 14.4. The Morgan fingerprint density at radius 2 is 2.12 bits per heavy atom. The highest BCUT2D eigenvalue weighted by Crippen LogP contribution is 2.21. The third-order valence-electron chi connectivity index (χ3n) is 3.83. The molecule has 0 amide bonds. The SMILES string of the molecule is COC(=O)c1cccc(OC(C)[C-]2[CH-][N+](=c3cc[c-](C#N)cc3)C=[O+]2)c1. The number of carbonyl (C=O) groups excluding carboxylic acids is 2. The molecule has 0 N–H and O–H groups in total. The first-order chi connectivity index (χ1) is 12.6. The maximum absolute atomic E-state index is 11.6. The molecule has 3 rings (SSSR count). The zero-order chi connectivity index (χ0) is 18.5. The lowest BCUT2D eigenvalue weighted by atomic mass is 10.2. The summed E-state index contributed by atoms with van der Waals surface area (Å²) < 4.78 is 18.0. The maximum Gasteiger partial charge on any atom is 0.435 e. The predicted molar refractivity (Wildman–Crippen MR) is 93.5 cm³/mol. The van der Waals surface area contributed by atoms with Crippen LogP contribution in [0.5, 0.6) is 5.75 Å². The van der Waals surface area contributed by atoms with Gasteiger partial charge in [-0.15, -0.1) is 0 Å². The first-order valence-corrected chi connectivity index (χ1v) is 7.96. The minimum absolute atomic E-state index is 0.359. The van der Waals surface area contributed by atoms with Crippen LogP contribution in [0.4, 0.5) is 0 Å². The van der Waals surface area contributed by atoms with E-state index in [0.29, 0.717) is 23.0 Å². The van der Waals surface area contributed by atoms with E-state index in [4.69, 9.17) is 19.2 Å². The van der Waals surface area contributed by atoms with Gasteiger partial charge in [0.1, 0.15) is 11.9 Å². The van der Waals surface area contributed by atoms with Gasteiger partial charge in [-0.3, -0.25) is 4.58 Å². The minimum atomic E-state index is -0.417. The molecule has 6 nitrogen and oxygen atoms in total. The number of ether oxygens (including phenoxy) is 2. The molecule has 1 unspecified atom stereocenters. The highest BCUT2D eigenvalue weighted by molar-refractivity contribution is 5.89. The third kappa shape index (κ3) is 3.73. The highest BCUT2D eigenvalue weighted by Gasteiger charge is 2.29. The van der Waals surface area contributed by atoms with E-state index in [2.05, 4.69) is 6.07 Å². The van der Waals surface area contributed by atoms with Crippen molar-refractivity contribution in [1.29, 1.82) is 5.26 Å². The summed E-state index contributed by atoms with van der Waals surface area (Å²) in [5.41, 5.74) is 1.02. The van der Waals surface area contributed by atoms with Crippen LogP contribution in [-0.4, -0.2) is 25.6 Å². The lowest BCUT2D eigenvalue weighted by Gasteiger charge is -2.17. The Balaban J connectivity index is 1.70. The van der Waals surface area contributed by atoms with E-state index in [1.807, 2.05) is 25.6 Å². The van der Waals surface area contributed by atoms with Crippen LogP contribution in [0.2, 0.25) is 0 Å². The molecule has 0 spiro atoms. The predicted octanol–water partition coefficient (Wildman–Crippen LogP) is 1.70. The Morgan fingerprint density at radius 1 is 1.35 bits per heavy atom. The molecule has 0 radical (unpaired) electrons. The fourth-order valence-corrected chi connectivity index (χ4v) is 2.44. The molecule has 132 valence electrons. The molecule has 0 bridgehead atoms. The van der Waals surface area contributed by atoms with Gasteiger partial charge in [0.25, 0.3) is 0 Å². The van der Waals surface area contributed by atoms with Gasteiger partial charge in [-0.25, -0.2) is 10.1 Å². The quantitative estimate of drug-likeness (QED) is 0.277. The summed E-state index contributed by atoms with van der Waals surface area (Å²) in [5.74, 6) is 0.126. The number of rotatable bonds is 4. The number of amides is 1. The van der Waals surface area contributed by atoms with E-state index in [1.165, 1.54) is 7.11 Å². The van der Waals surface area contributed by atoms with E-state index >= 15 is 0 Å². The molecule has 0 aliphatic carbocycles. The average Bonchev–Trinajstić information content (AvgIpc) is 3.18. The molecule has 0 saturated carbocycles. The molecule has 0 aromatic heterocycles. The van der Waals surface area contributed by atoms with E-state index in [1.54, 1.807) is 47.4 Å². The molecule has 26 heavy (non-hydrogen) atoms. The van der Waals surface area contributed by atoms with Crippen molar-refractivity contribution in [2.45, 2.75) is 13.0 Å². The Morgan fingerprint density at radius 3 is 2.81 bits per heavy atom. The number of carbonyl (C=O) groups is 1. The van der Waals surface area contributed by atoms with Gasteiger partial charge < -0.3 is 13.9 Å². The lowest BCUT2D eigenvalue weighted by molar-refractivity contribution is -0.434. The lowest BCUT2D eigenvalue weighted by Crippen LogP contribution is -2.27. The van der Waals surface area contributed by atoms with Crippen molar-refractivity contribution in [2.75, 3.05) is 7.11 Å². The summed E-state index contributed by atoms with van der Waals surface area (Å²) in [6.07, 6.45) is 1.84. The number of esters is 1. The molecule has 1 aliphatic rings. The van der Waals surface area contributed by atoms with Gasteiger partial charge in [-0.2, -0.15) is 24.3 Å². The second-order valence-corrected chi connectivity index (χ2v) is 5.60. The summed E-state index contributed by atoms with van der Waals surface area (Å²) in [4.78, 5) is 11.6. The molecule has 1 atom stereocenters. The molecule has 2 aromatic carbocycles. The van der Waals surface area contributed by atoms with Crippen LogP contribution in [0.3, 0.4) is 0 Å². The van der Waals surface area contributed by atoms with Crippen molar-refractivity contribution in [2.24, 2.45) is 0 Å². The Bertz CT molecular complexity index is 932. The molecule has 6 heteroatoms. The fraction of sp³-hybridized carbons (Fsp3) is 0.150. The largest absolute Gasteiger partial charge is 0.496 e. The van der Waals surface area contributed by atoms with Crippen LogP contribution in [0.1, 0.15) is 22.8 Å². The third-order valence-corrected chi connectivity index (χ3v) is 3.83. The Kier molecular flexibility index (Phi) is 4.99. The van der Waals surface area contributed by atoms with Gasteiger partial charge in [0.05, 0.1) is 19.2 Å². The first-order valence-electron chi connectivity index (χ1n) is 7.96. The van der Waals surface area contributed by atoms with Gasteiger partial charge in [0.2, 0.25) is 6.10 Å². The number of nitriles is 1. The molecular weight excluding hydrogens is 332 g/mol. The summed E-state index contributed by atoms with van der Waals surface area (Å²) in [7, 11) is 1.34. The molecule has 2 aromatic rings. The maximum atomic E-state index is 11.6. The van der Waals surface area contributed by atoms with Crippen LogP contribution in [0.25, 0.3) is 0 Å². The van der Waals surface area contributed by atoms with E-state index < -0.39 is 5.97 Å². The van der Waals surface area contributed by atoms with Gasteiger partial charge >= 0.3 is 12.4 Å². The second-order valence-electron chi connectivity index (χ2n) is 5.60. The van der Waals surface area contributed by atoms with Crippen molar-refractivity contribution in [3.63, 3.8) is 0 Å². The molecular formula is C20H17N2O4-. The molecule has 1 heterocycles. The topological polar surface area (TPSA) is 73.6 Å². The van der Waals surface area contributed by atoms with Crippen molar-refractivity contribution in [3.8, 4) is 11.8 Å². The van der Waals surface area contributed by atoms with Crippen LogP contribution < -0.4 is 14.7 Å².